The van der Waals surface area contributed by atoms with Crippen LogP contribution < -0.4 is 0 Å². The molecule has 1 atom stereocenters. The summed E-state index contributed by atoms with van der Waals surface area (Å²) in [5, 5.41) is 18.8. The van der Waals surface area contributed by atoms with Crippen LogP contribution in [0.5, 0.6) is 11.5 Å². The Morgan fingerprint density at radius 2 is 2.00 bits per heavy atom. The van der Waals surface area contributed by atoms with E-state index < -0.39 is 0 Å². The van der Waals surface area contributed by atoms with Gasteiger partial charge in [0.2, 0.25) is 0 Å². The zero-order valence-electron chi connectivity index (χ0n) is 10.8. The van der Waals surface area contributed by atoms with Gasteiger partial charge in [-0.25, -0.2) is 0 Å². The largest absolute Gasteiger partial charge is 0.504 e. The number of fused-ring (bicyclic) bond motifs is 1. The smallest absolute Gasteiger partial charge is 0.177 e. The van der Waals surface area contributed by atoms with Crippen molar-refractivity contribution in [3.05, 3.63) is 45.4 Å². The molecule has 0 spiro atoms. The van der Waals surface area contributed by atoms with Crippen LogP contribution in [0.4, 0.5) is 4.39 Å². The summed E-state index contributed by atoms with van der Waals surface area (Å²) in [6.07, 6.45) is 0. The molecule has 108 valence electrons. The van der Waals surface area contributed by atoms with Gasteiger partial charge in [-0.05, 0) is 36.4 Å². The van der Waals surface area contributed by atoms with Gasteiger partial charge < -0.3 is 15.1 Å². The van der Waals surface area contributed by atoms with Gasteiger partial charge in [0.25, 0.3) is 0 Å². The quantitative estimate of drug-likeness (QED) is 0.794. The van der Waals surface area contributed by atoms with Crippen LogP contribution >= 0.6 is 23.7 Å². The van der Waals surface area contributed by atoms with E-state index in [9.17, 15) is 14.6 Å². The van der Waals surface area contributed by atoms with E-state index in [1.54, 1.807) is 18.2 Å². The van der Waals surface area contributed by atoms with Gasteiger partial charge in [-0.2, -0.15) is 4.39 Å². The molecule has 0 amide bonds. The molecule has 3 nitrogen and oxygen atoms in total. The molecule has 0 saturated carbocycles. The molecule has 1 unspecified atom stereocenters. The fourth-order valence-corrected chi connectivity index (χ4v) is 3.61. The number of halogens is 2. The number of likely N-dealkylation sites (N-methyl/N-ethyl adjacent to an activating group) is 1. The summed E-state index contributed by atoms with van der Waals surface area (Å²) in [6.45, 7) is 1.53. The Bertz CT molecular complexity index is 632. The molecule has 2 aromatic rings. The number of nitrogens with zero attached hydrogens (tertiary/aromatic N) is 1. The first kappa shape index (κ1) is 15.1. The Morgan fingerprint density at radius 3 is 2.70 bits per heavy atom. The molecule has 0 saturated heterocycles. The Labute approximate surface area is 126 Å². The Balaban J connectivity index is 0.00000147. The van der Waals surface area contributed by atoms with Gasteiger partial charge in [0.1, 0.15) is 0 Å². The number of hydrogen-bond donors (Lipinski definition) is 2. The number of thiophene rings is 1. The summed E-state index contributed by atoms with van der Waals surface area (Å²) < 4.78 is 13.5. The molecule has 0 fully saturated rings. The molecule has 0 aliphatic carbocycles. The first-order chi connectivity index (χ1) is 9.04. The maximum Gasteiger partial charge on any atom is 0.177 e. The molecule has 6 heteroatoms. The lowest BCUT2D eigenvalue weighted by molar-refractivity contribution is 0.299. The van der Waals surface area contributed by atoms with Crippen LogP contribution in [0.1, 0.15) is 21.9 Å². The van der Waals surface area contributed by atoms with Gasteiger partial charge in [0.15, 0.2) is 16.6 Å². The van der Waals surface area contributed by atoms with E-state index in [0.717, 1.165) is 29.1 Å². The van der Waals surface area contributed by atoms with Gasteiger partial charge in [0.05, 0.1) is 0 Å². The van der Waals surface area contributed by atoms with Gasteiger partial charge >= 0.3 is 0 Å². The summed E-state index contributed by atoms with van der Waals surface area (Å²) in [4.78, 5) is 3.16. The van der Waals surface area contributed by atoms with Gasteiger partial charge in [-0.15, -0.1) is 23.7 Å². The van der Waals surface area contributed by atoms with Crippen LogP contribution in [0.2, 0.25) is 0 Å². The molecule has 0 radical (unpaired) electrons. The minimum atomic E-state index is -0.173. The third-order valence-corrected chi connectivity index (χ3v) is 4.42. The molecule has 2 heterocycles. The molecular weight excluding hydrogens is 301 g/mol. The van der Waals surface area contributed by atoms with Gasteiger partial charge in [0, 0.05) is 23.9 Å². The molecule has 0 bridgehead atoms. The molecule has 1 aromatic heterocycles. The second kappa shape index (κ2) is 5.60. The highest BCUT2D eigenvalue weighted by Gasteiger charge is 2.27. The highest BCUT2D eigenvalue weighted by atomic mass is 35.5. The van der Waals surface area contributed by atoms with E-state index in [2.05, 4.69) is 4.90 Å². The fraction of sp³-hybridized carbons (Fsp3) is 0.286. The lowest BCUT2D eigenvalue weighted by atomic mass is 9.88. The maximum absolute atomic E-state index is 13.5. The summed E-state index contributed by atoms with van der Waals surface area (Å²) in [5.74, 6) is -0.242. The van der Waals surface area contributed by atoms with Crippen LogP contribution in [0, 0.1) is 5.13 Å². The van der Waals surface area contributed by atoms with Crippen molar-refractivity contribution in [3.63, 3.8) is 0 Å². The van der Waals surface area contributed by atoms with E-state index in [-0.39, 0.29) is 35.0 Å². The monoisotopic (exact) mass is 315 g/mol. The van der Waals surface area contributed by atoms with E-state index in [1.165, 1.54) is 17.4 Å². The highest BCUT2D eigenvalue weighted by Crippen LogP contribution is 2.39. The first-order valence-corrected chi connectivity index (χ1v) is 6.85. The minimum Gasteiger partial charge on any atom is -0.504 e. The Kier molecular flexibility index (Phi) is 4.22. The summed E-state index contributed by atoms with van der Waals surface area (Å²) in [6, 6.07) is 6.39. The standard InChI is InChI=1S/C14H14FNO2S.ClH/c1-16-6-10(8-2-3-11(17)12(18)4-8)9-5-14(15)19-13(9)7-16;/h2-5,10,17-18H,6-7H2,1H3;1H. The van der Waals surface area contributed by atoms with Crippen LogP contribution in [0.3, 0.4) is 0 Å². The molecule has 1 aliphatic heterocycles. The van der Waals surface area contributed by atoms with Gasteiger partial charge in [-0.1, -0.05) is 6.07 Å². The van der Waals surface area contributed by atoms with E-state index in [0.29, 0.717) is 0 Å². The third kappa shape index (κ3) is 2.61. The van der Waals surface area contributed by atoms with Crippen molar-refractivity contribution in [2.45, 2.75) is 12.5 Å². The minimum absolute atomic E-state index is 0. The topological polar surface area (TPSA) is 43.7 Å². The molecule has 20 heavy (non-hydrogen) atoms. The first-order valence-electron chi connectivity index (χ1n) is 6.03. The third-order valence-electron chi connectivity index (χ3n) is 3.50. The highest BCUT2D eigenvalue weighted by molar-refractivity contribution is 7.10. The zero-order chi connectivity index (χ0) is 13.6. The van der Waals surface area contributed by atoms with Crippen molar-refractivity contribution in [2.75, 3.05) is 13.6 Å². The van der Waals surface area contributed by atoms with Crippen molar-refractivity contribution in [1.29, 1.82) is 0 Å². The fourth-order valence-electron chi connectivity index (χ4n) is 2.59. The number of rotatable bonds is 1. The normalized spacial score (nSPS) is 18.4. The second-order valence-electron chi connectivity index (χ2n) is 4.93. The van der Waals surface area contributed by atoms with Crippen LogP contribution in [-0.2, 0) is 6.54 Å². The molecule has 1 aromatic carbocycles. The Hall–Kier alpha value is -1.30. The molecule has 2 N–H and O–H groups in total. The van der Waals surface area contributed by atoms with Crippen molar-refractivity contribution >= 4 is 23.7 Å². The average Bonchev–Trinajstić information content (AvgIpc) is 2.72. The summed E-state index contributed by atoms with van der Waals surface area (Å²) in [7, 11) is 1.99. The number of phenolic OH excluding ortho intramolecular Hbond substituents is 2. The van der Waals surface area contributed by atoms with E-state index in [4.69, 9.17) is 0 Å². The number of benzene rings is 1. The predicted octanol–water partition coefficient (Wildman–Crippen LogP) is 3.30. The molecular formula is C14H15ClFNO2S. The predicted molar refractivity (Wildman–Crippen MR) is 79.5 cm³/mol. The van der Waals surface area contributed by atoms with Crippen LogP contribution in [0.15, 0.2) is 24.3 Å². The van der Waals surface area contributed by atoms with Crippen molar-refractivity contribution in [2.24, 2.45) is 0 Å². The Morgan fingerprint density at radius 1 is 1.25 bits per heavy atom. The number of phenols is 2. The second-order valence-corrected chi connectivity index (χ2v) is 6.01. The molecule has 3 rings (SSSR count). The van der Waals surface area contributed by atoms with E-state index in [1.807, 2.05) is 7.05 Å². The van der Waals surface area contributed by atoms with Crippen molar-refractivity contribution < 1.29 is 14.6 Å². The van der Waals surface area contributed by atoms with E-state index >= 15 is 0 Å². The SMILES string of the molecule is CN1Cc2sc(F)cc2C(c2ccc(O)c(O)c2)C1.Cl. The molecule has 1 aliphatic rings. The summed E-state index contributed by atoms with van der Waals surface area (Å²) >= 11 is 1.18. The van der Waals surface area contributed by atoms with Gasteiger partial charge in [-0.3, -0.25) is 0 Å². The number of aromatic hydroxyl groups is 2. The zero-order valence-corrected chi connectivity index (χ0v) is 12.5. The lowest BCUT2D eigenvalue weighted by Crippen LogP contribution is -2.29. The lowest BCUT2D eigenvalue weighted by Gasteiger charge is -2.30. The maximum atomic E-state index is 13.5. The summed E-state index contributed by atoms with van der Waals surface area (Å²) in [5.41, 5.74) is 1.88. The van der Waals surface area contributed by atoms with Crippen molar-refractivity contribution in [1.82, 2.24) is 4.90 Å². The number of hydrogen-bond acceptors (Lipinski definition) is 4. The van der Waals surface area contributed by atoms with Crippen molar-refractivity contribution in [3.8, 4) is 11.5 Å². The van der Waals surface area contributed by atoms with Crippen LogP contribution in [0.25, 0.3) is 0 Å². The average molecular weight is 316 g/mol. The van der Waals surface area contributed by atoms with Crippen LogP contribution in [-0.4, -0.2) is 28.7 Å².